The second kappa shape index (κ2) is 9.91. The molecule has 0 saturated carbocycles. The fourth-order valence-electron chi connectivity index (χ4n) is 4.16. The number of ether oxygens (including phenoxy) is 2. The normalized spacial score (nSPS) is 13.1. The van der Waals surface area contributed by atoms with Crippen molar-refractivity contribution < 1.29 is 22.7 Å². The summed E-state index contributed by atoms with van der Waals surface area (Å²) in [5, 5.41) is 2.77. The third kappa shape index (κ3) is 4.92. The van der Waals surface area contributed by atoms with Gasteiger partial charge < -0.3 is 14.8 Å². The Kier molecular flexibility index (Phi) is 6.65. The number of carbonyl (C=O) groups excluding carboxylic acids is 1. The number of rotatable bonds is 7. The van der Waals surface area contributed by atoms with Crippen molar-refractivity contribution in [2.75, 3.05) is 29.4 Å². The van der Waals surface area contributed by atoms with Gasteiger partial charge in [-0.15, -0.1) is 0 Å². The van der Waals surface area contributed by atoms with Gasteiger partial charge in [0.15, 0.2) is 11.5 Å². The lowest BCUT2D eigenvalue weighted by Gasteiger charge is -2.26. The first-order valence-electron chi connectivity index (χ1n) is 11.7. The fourth-order valence-corrected chi connectivity index (χ4v) is 6.64. The summed E-state index contributed by atoms with van der Waals surface area (Å²) in [6.07, 6.45) is 0. The van der Waals surface area contributed by atoms with Crippen LogP contribution < -0.4 is 24.0 Å². The van der Waals surface area contributed by atoms with Gasteiger partial charge in [0.2, 0.25) is 5.91 Å². The second-order valence-corrected chi connectivity index (χ2v) is 11.6. The maximum absolute atomic E-state index is 13.6. The Morgan fingerprint density at radius 1 is 1.03 bits per heavy atom. The van der Waals surface area contributed by atoms with Crippen molar-refractivity contribution in [2.24, 2.45) is 0 Å². The summed E-state index contributed by atoms with van der Waals surface area (Å²) in [5.74, 6) is 0.383. The van der Waals surface area contributed by atoms with E-state index in [0.29, 0.717) is 30.4 Å². The molecule has 0 atom stereocenters. The minimum absolute atomic E-state index is 0.00411. The summed E-state index contributed by atoms with van der Waals surface area (Å²) >= 11 is 1.10. The molecular weight excluding hydrogens is 514 g/mol. The van der Waals surface area contributed by atoms with Crippen LogP contribution in [0.5, 0.6) is 11.5 Å². The molecule has 0 spiro atoms. The summed E-state index contributed by atoms with van der Waals surface area (Å²) in [6.45, 7) is 4.14. The summed E-state index contributed by atoms with van der Waals surface area (Å²) in [7, 11) is -4.08. The standard InChI is InChI=1S/C26H25N3O6S2/c1-17(2)29-21-10-8-18(14-24(21)36-26(29)31)27-25(30)16-28(37(32,33)20-6-4-3-5-7-20)19-9-11-22-23(15-19)35-13-12-34-22/h3-11,14-15,17H,12-13,16H2,1-2H3,(H,27,30). The number of benzene rings is 3. The maximum atomic E-state index is 13.6. The Balaban J connectivity index is 1.46. The molecule has 1 aromatic heterocycles. The summed E-state index contributed by atoms with van der Waals surface area (Å²) in [4.78, 5) is 25.5. The Bertz CT molecular complexity index is 1630. The quantitative estimate of drug-likeness (QED) is 0.376. The first kappa shape index (κ1) is 24.8. The summed E-state index contributed by atoms with van der Waals surface area (Å²) in [5.41, 5.74) is 1.52. The zero-order valence-electron chi connectivity index (χ0n) is 20.2. The lowest BCUT2D eigenvalue weighted by Crippen LogP contribution is -2.38. The van der Waals surface area contributed by atoms with Crippen LogP contribution in [0.2, 0.25) is 0 Å². The number of nitrogens with zero attached hydrogens (tertiary/aromatic N) is 2. The van der Waals surface area contributed by atoms with Crippen molar-refractivity contribution in [2.45, 2.75) is 24.8 Å². The highest BCUT2D eigenvalue weighted by atomic mass is 32.2. The third-order valence-electron chi connectivity index (χ3n) is 5.85. The van der Waals surface area contributed by atoms with E-state index in [1.165, 1.54) is 12.1 Å². The van der Waals surface area contributed by atoms with Gasteiger partial charge in [-0.25, -0.2) is 8.42 Å². The molecule has 1 aliphatic rings. The Hall–Kier alpha value is -3.83. The van der Waals surface area contributed by atoms with Gasteiger partial charge in [-0.2, -0.15) is 0 Å². The van der Waals surface area contributed by atoms with E-state index in [1.807, 2.05) is 13.8 Å². The number of aromatic nitrogens is 1. The van der Waals surface area contributed by atoms with Gasteiger partial charge in [-0.3, -0.25) is 18.5 Å². The number of sulfonamides is 1. The topological polar surface area (TPSA) is 107 Å². The second-order valence-electron chi connectivity index (χ2n) is 8.72. The highest BCUT2D eigenvalue weighted by Crippen LogP contribution is 2.36. The van der Waals surface area contributed by atoms with E-state index in [1.54, 1.807) is 59.2 Å². The van der Waals surface area contributed by atoms with E-state index < -0.39 is 22.5 Å². The highest BCUT2D eigenvalue weighted by molar-refractivity contribution is 7.92. The lowest BCUT2D eigenvalue weighted by atomic mass is 10.2. The fraction of sp³-hybridized carbons (Fsp3) is 0.231. The van der Waals surface area contributed by atoms with Crippen LogP contribution in [-0.2, 0) is 14.8 Å². The van der Waals surface area contributed by atoms with E-state index >= 15 is 0 Å². The van der Waals surface area contributed by atoms with E-state index in [4.69, 9.17) is 9.47 Å². The monoisotopic (exact) mass is 539 g/mol. The SMILES string of the molecule is CC(C)n1c(=O)sc2cc(NC(=O)CN(c3ccc4c(c3)OCCO4)S(=O)(=O)c3ccccc3)ccc21. The number of nitrogens with one attached hydrogen (secondary N) is 1. The van der Waals surface area contributed by atoms with Gasteiger partial charge in [0.05, 0.1) is 20.8 Å². The molecule has 1 amide bonds. The number of anilines is 2. The van der Waals surface area contributed by atoms with Crippen LogP contribution in [0, 0.1) is 0 Å². The number of hydrogen-bond acceptors (Lipinski definition) is 7. The Morgan fingerprint density at radius 3 is 2.49 bits per heavy atom. The van der Waals surface area contributed by atoms with Crippen molar-refractivity contribution in [3.05, 3.63) is 76.4 Å². The van der Waals surface area contributed by atoms with Crippen molar-refractivity contribution in [3.8, 4) is 11.5 Å². The maximum Gasteiger partial charge on any atom is 0.308 e. The third-order valence-corrected chi connectivity index (χ3v) is 8.55. The smallest absolute Gasteiger partial charge is 0.308 e. The number of amides is 1. The zero-order valence-corrected chi connectivity index (χ0v) is 21.8. The molecule has 0 saturated heterocycles. The molecule has 192 valence electrons. The molecule has 2 heterocycles. The van der Waals surface area contributed by atoms with Crippen molar-refractivity contribution in [1.29, 1.82) is 0 Å². The number of fused-ring (bicyclic) bond motifs is 2. The molecule has 4 aromatic rings. The first-order chi connectivity index (χ1) is 17.7. The summed E-state index contributed by atoms with van der Waals surface area (Å²) < 4.78 is 41.9. The molecule has 0 radical (unpaired) electrons. The van der Waals surface area contributed by atoms with Crippen LogP contribution >= 0.6 is 11.3 Å². The molecule has 5 rings (SSSR count). The lowest BCUT2D eigenvalue weighted by molar-refractivity contribution is -0.114. The van der Waals surface area contributed by atoms with E-state index in [2.05, 4.69) is 5.32 Å². The Morgan fingerprint density at radius 2 is 1.76 bits per heavy atom. The molecule has 0 unspecified atom stereocenters. The van der Waals surface area contributed by atoms with Crippen LogP contribution in [0.25, 0.3) is 10.2 Å². The highest BCUT2D eigenvalue weighted by Gasteiger charge is 2.28. The van der Waals surface area contributed by atoms with Crippen LogP contribution in [0.15, 0.2) is 76.4 Å². The van der Waals surface area contributed by atoms with Gasteiger partial charge >= 0.3 is 4.87 Å². The summed E-state index contributed by atoms with van der Waals surface area (Å²) in [6, 6.07) is 17.9. The predicted octanol–water partition coefficient (Wildman–Crippen LogP) is 4.25. The minimum Gasteiger partial charge on any atom is -0.486 e. The molecule has 0 aliphatic carbocycles. The molecule has 0 fully saturated rings. The molecule has 3 aromatic carbocycles. The molecule has 9 nitrogen and oxygen atoms in total. The van der Waals surface area contributed by atoms with E-state index in [0.717, 1.165) is 25.9 Å². The largest absolute Gasteiger partial charge is 0.486 e. The number of thiazole rings is 1. The Labute approximate surface area is 217 Å². The van der Waals surface area contributed by atoms with Gasteiger partial charge in [-0.1, -0.05) is 29.5 Å². The van der Waals surface area contributed by atoms with Crippen molar-refractivity contribution in [1.82, 2.24) is 4.57 Å². The molecule has 37 heavy (non-hydrogen) atoms. The van der Waals surface area contributed by atoms with Crippen LogP contribution in [-0.4, -0.2) is 38.7 Å². The molecule has 1 aliphatic heterocycles. The zero-order chi connectivity index (χ0) is 26.2. The van der Waals surface area contributed by atoms with Crippen LogP contribution in [0.4, 0.5) is 11.4 Å². The van der Waals surface area contributed by atoms with Crippen LogP contribution in [0.3, 0.4) is 0 Å². The molecule has 1 N–H and O–H groups in total. The first-order valence-corrected chi connectivity index (χ1v) is 13.9. The van der Waals surface area contributed by atoms with Gasteiger partial charge in [0.1, 0.15) is 19.8 Å². The minimum atomic E-state index is -4.08. The number of hydrogen-bond donors (Lipinski definition) is 1. The number of carbonyl (C=O) groups is 1. The van der Waals surface area contributed by atoms with Crippen molar-refractivity contribution >= 4 is 48.9 Å². The average molecular weight is 540 g/mol. The average Bonchev–Trinajstić information content (AvgIpc) is 3.22. The van der Waals surface area contributed by atoms with Gasteiger partial charge in [-0.05, 0) is 56.3 Å². The molecule has 11 heteroatoms. The van der Waals surface area contributed by atoms with E-state index in [-0.39, 0.29) is 21.5 Å². The van der Waals surface area contributed by atoms with E-state index in [9.17, 15) is 18.0 Å². The van der Waals surface area contributed by atoms with Gasteiger partial charge in [0, 0.05) is 17.8 Å². The van der Waals surface area contributed by atoms with Crippen molar-refractivity contribution in [3.63, 3.8) is 0 Å². The van der Waals surface area contributed by atoms with Crippen LogP contribution in [0.1, 0.15) is 19.9 Å². The molecular formula is C26H25N3O6S2. The predicted molar refractivity (Wildman–Crippen MR) is 144 cm³/mol. The molecule has 0 bridgehead atoms. The van der Waals surface area contributed by atoms with Gasteiger partial charge in [0.25, 0.3) is 10.0 Å².